The second-order valence-corrected chi connectivity index (χ2v) is 3.61. The van der Waals surface area contributed by atoms with Crippen LogP contribution in [-0.2, 0) is 14.2 Å². The molecule has 0 heterocycles. The van der Waals surface area contributed by atoms with E-state index in [9.17, 15) is 4.79 Å². The van der Waals surface area contributed by atoms with E-state index >= 15 is 0 Å². The molecule has 1 atom stereocenters. The van der Waals surface area contributed by atoms with Gasteiger partial charge in [-0.05, 0) is 27.7 Å². The summed E-state index contributed by atoms with van der Waals surface area (Å²) >= 11 is 0. The number of carbonyl (C=O) groups excluding carboxylic acids is 1. The molecule has 0 fully saturated rings. The fraction of sp³-hybridized carbons (Fsp3) is 0.889. The lowest BCUT2D eigenvalue weighted by atomic mass is 10.2. The number of carbonyl (C=O) groups is 1. The van der Waals surface area contributed by atoms with Crippen LogP contribution in [0.3, 0.4) is 0 Å². The first-order valence-corrected chi connectivity index (χ1v) is 4.47. The van der Waals surface area contributed by atoms with Crippen molar-refractivity contribution < 1.29 is 19.0 Å². The zero-order chi connectivity index (χ0) is 11.2. The number of amides is 1. The number of hydrogen-bond acceptors (Lipinski definition) is 4. The number of ether oxygens (including phenoxy) is 3. The molecule has 0 spiro atoms. The molecule has 0 saturated heterocycles. The minimum Gasteiger partial charge on any atom is -0.442 e. The molecular weight excluding hydrogens is 186 g/mol. The summed E-state index contributed by atoms with van der Waals surface area (Å²) < 4.78 is 14.7. The van der Waals surface area contributed by atoms with Crippen molar-refractivity contribution in [3.05, 3.63) is 0 Å². The Bertz CT molecular complexity index is 176. The summed E-state index contributed by atoms with van der Waals surface area (Å²) in [5.74, 6) is 0. The van der Waals surface area contributed by atoms with E-state index in [1.807, 2.05) is 0 Å². The second-order valence-electron chi connectivity index (χ2n) is 3.61. The SMILES string of the molecule is CCOC([N]C(=O)OC(C)(C)C)OC. The second kappa shape index (κ2) is 5.82. The van der Waals surface area contributed by atoms with Crippen molar-refractivity contribution in [2.24, 2.45) is 0 Å². The van der Waals surface area contributed by atoms with Gasteiger partial charge in [0.05, 0.1) is 0 Å². The summed E-state index contributed by atoms with van der Waals surface area (Å²) in [5, 5.41) is 3.56. The lowest BCUT2D eigenvalue weighted by Crippen LogP contribution is -2.36. The molecule has 1 radical (unpaired) electrons. The van der Waals surface area contributed by atoms with Crippen LogP contribution < -0.4 is 5.32 Å². The van der Waals surface area contributed by atoms with E-state index < -0.39 is 18.1 Å². The molecule has 0 aromatic heterocycles. The number of methoxy groups -OCH3 is 1. The van der Waals surface area contributed by atoms with Gasteiger partial charge in [-0.25, -0.2) is 4.79 Å². The quantitative estimate of drug-likeness (QED) is 0.651. The van der Waals surface area contributed by atoms with E-state index in [2.05, 4.69) is 5.32 Å². The Morgan fingerprint density at radius 1 is 1.43 bits per heavy atom. The van der Waals surface area contributed by atoms with Gasteiger partial charge < -0.3 is 14.2 Å². The molecule has 83 valence electrons. The fourth-order valence-corrected chi connectivity index (χ4v) is 0.675. The molecule has 1 unspecified atom stereocenters. The molecule has 0 bridgehead atoms. The van der Waals surface area contributed by atoms with Crippen molar-refractivity contribution in [3.63, 3.8) is 0 Å². The van der Waals surface area contributed by atoms with Crippen LogP contribution in [0.25, 0.3) is 0 Å². The summed E-state index contributed by atoms with van der Waals surface area (Å²) in [6, 6.07) is 0. The average molecular weight is 204 g/mol. The number of hydrogen-bond donors (Lipinski definition) is 0. The van der Waals surface area contributed by atoms with Crippen LogP contribution in [0, 0.1) is 0 Å². The van der Waals surface area contributed by atoms with Crippen molar-refractivity contribution in [1.82, 2.24) is 5.32 Å². The summed E-state index contributed by atoms with van der Waals surface area (Å²) in [6.07, 6.45) is -1.56. The molecule has 14 heavy (non-hydrogen) atoms. The third-order valence-electron chi connectivity index (χ3n) is 1.12. The number of nitrogens with zero attached hydrogens (tertiary/aromatic N) is 1. The highest BCUT2D eigenvalue weighted by Gasteiger charge is 2.20. The Hall–Kier alpha value is -0.810. The summed E-state index contributed by atoms with van der Waals surface area (Å²) in [6.45, 7) is 7.51. The minimum absolute atomic E-state index is 0.421. The first kappa shape index (κ1) is 13.2. The van der Waals surface area contributed by atoms with Gasteiger partial charge in [-0.1, -0.05) is 0 Å². The van der Waals surface area contributed by atoms with Crippen molar-refractivity contribution in [2.45, 2.75) is 39.7 Å². The third-order valence-corrected chi connectivity index (χ3v) is 1.12. The minimum atomic E-state index is -0.880. The van der Waals surface area contributed by atoms with Crippen molar-refractivity contribution >= 4 is 6.09 Å². The van der Waals surface area contributed by atoms with Gasteiger partial charge in [-0.3, -0.25) is 0 Å². The van der Waals surface area contributed by atoms with Crippen molar-refractivity contribution in [1.29, 1.82) is 0 Å². The van der Waals surface area contributed by atoms with Gasteiger partial charge in [0.25, 0.3) is 6.41 Å². The maximum atomic E-state index is 11.2. The predicted molar refractivity (Wildman–Crippen MR) is 50.8 cm³/mol. The maximum Gasteiger partial charge on any atom is 0.434 e. The molecular formula is C9H18NO4. The van der Waals surface area contributed by atoms with Crippen molar-refractivity contribution in [3.8, 4) is 0 Å². The van der Waals surface area contributed by atoms with Gasteiger partial charge in [0.2, 0.25) is 0 Å². The van der Waals surface area contributed by atoms with Gasteiger partial charge in [-0.15, -0.1) is 0 Å². The zero-order valence-electron chi connectivity index (χ0n) is 9.36. The number of rotatable bonds is 4. The van der Waals surface area contributed by atoms with Gasteiger partial charge in [-0.2, -0.15) is 5.32 Å². The standard InChI is InChI=1S/C9H18NO4/c1-6-13-8(12-5)10-7(11)14-9(2,3)4/h8H,6H2,1-5H3. The fourth-order valence-electron chi connectivity index (χ4n) is 0.675. The molecule has 1 amide bonds. The molecule has 5 heteroatoms. The normalized spacial score (nSPS) is 13.5. The first-order chi connectivity index (χ1) is 6.39. The van der Waals surface area contributed by atoms with Crippen LogP contribution in [0.4, 0.5) is 4.79 Å². The largest absolute Gasteiger partial charge is 0.442 e. The van der Waals surface area contributed by atoms with Crippen molar-refractivity contribution in [2.75, 3.05) is 13.7 Å². The van der Waals surface area contributed by atoms with Gasteiger partial charge in [0, 0.05) is 13.7 Å². The van der Waals surface area contributed by atoms with Crippen LogP contribution in [0.2, 0.25) is 0 Å². The van der Waals surface area contributed by atoms with Crippen LogP contribution in [-0.4, -0.2) is 31.8 Å². The van der Waals surface area contributed by atoms with Gasteiger partial charge in [0.1, 0.15) is 5.60 Å². The Kier molecular flexibility index (Phi) is 5.49. The van der Waals surface area contributed by atoms with Crippen LogP contribution in [0.5, 0.6) is 0 Å². The molecule has 0 saturated carbocycles. The van der Waals surface area contributed by atoms with Crippen LogP contribution in [0.15, 0.2) is 0 Å². The molecule has 0 aromatic carbocycles. The van der Waals surface area contributed by atoms with Crippen LogP contribution >= 0.6 is 0 Å². The highest BCUT2D eigenvalue weighted by molar-refractivity contribution is 5.67. The van der Waals surface area contributed by atoms with E-state index in [-0.39, 0.29) is 0 Å². The third kappa shape index (κ3) is 6.68. The van der Waals surface area contributed by atoms with E-state index in [0.717, 1.165) is 0 Å². The summed E-state index contributed by atoms with van der Waals surface area (Å²) in [4.78, 5) is 11.2. The molecule has 0 aliphatic heterocycles. The highest BCUT2D eigenvalue weighted by Crippen LogP contribution is 2.07. The van der Waals surface area contributed by atoms with E-state index in [4.69, 9.17) is 14.2 Å². The molecule has 0 rings (SSSR count). The maximum absolute atomic E-state index is 11.2. The summed E-state index contributed by atoms with van der Waals surface area (Å²) in [7, 11) is 1.41. The Morgan fingerprint density at radius 2 is 2.00 bits per heavy atom. The predicted octanol–water partition coefficient (Wildman–Crippen LogP) is 1.49. The van der Waals surface area contributed by atoms with Gasteiger partial charge >= 0.3 is 6.09 Å². The Labute approximate surface area is 84.7 Å². The van der Waals surface area contributed by atoms with Gasteiger partial charge in [0.15, 0.2) is 0 Å². The zero-order valence-corrected chi connectivity index (χ0v) is 9.36. The molecule has 0 aromatic rings. The molecule has 0 N–H and O–H groups in total. The average Bonchev–Trinajstić information content (AvgIpc) is 2.00. The summed E-state index contributed by atoms with van der Waals surface area (Å²) in [5.41, 5.74) is -0.551. The Balaban J connectivity index is 3.91. The topological polar surface area (TPSA) is 58.9 Å². The highest BCUT2D eigenvalue weighted by atomic mass is 16.7. The van der Waals surface area contributed by atoms with Crippen LogP contribution in [0.1, 0.15) is 27.7 Å². The monoisotopic (exact) mass is 204 g/mol. The smallest absolute Gasteiger partial charge is 0.434 e. The first-order valence-electron chi connectivity index (χ1n) is 4.47. The van der Waals surface area contributed by atoms with E-state index in [1.165, 1.54) is 7.11 Å². The molecule has 5 nitrogen and oxygen atoms in total. The lowest BCUT2D eigenvalue weighted by Gasteiger charge is -2.20. The molecule has 0 aliphatic rings. The Morgan fingerprint density at radius 3 is 2.36 bits per heavy atom. The lowest BCUT2D eigenvalue weighted by molar-refractivity contribution is -0.139. The van der Waals surface area contributed by atoms with E-state index in [1.54, 1.807) is 27.7 Å². The van der Waals surface area contributed by atoms with E-state index in [0.29, 0.717) is 6.61 Å². The molecule has 0 aliphatic carbocycles.